The highest BCUT2D eigenvalue weighted by Crippen LogP contribution is 2.29. The zero-order valence-corrected chi connectivity index (χ0v) is 21.5. The van der Waals surface area contributed by atoms with Gasteiger partial charge in [-0.2, -0.15) is 9.78 Å². The summed E-state index contributed by atoms with van der Waals surface area (Å²) in [7, 11) is 1.31. The van der Waals surface area contributed by atoms with Crippen molar-refractivity contribution in [1.82, 2.24) is 9.66 Å². The fraction of sp³-hybridized carbons (Fsp3) is 0.360. The lowest BCUT2D eigenvalue weighted by Gasteiger charge is -2.16. The van der Waals surface area contributed by atoms with E-state index >= 15 is 0 Å². The van der Waals surface area contributed by atoms with Gasteiger partial charge < -0.3 is 14.2 Å². The van der Waals surface area contributed by atoms with E-state index in [1.165, 1.54) is 11.8 Å². The first-order valence-electron chi connectivity index (χ1n) is 11.1. The van der Waals surface area contributed by atoms with Crippen molar-refractivity contribution in [3.8, 4) is 11.5 Å². The lowest BCUT2D eigenvalue weighted by atomic mass is 10.1. The fourth-order valence-electron chi connectivity index (χ4n) is 3.28. The summed E-state index contributed by atoms with van der Waals surface area (Å²) in [5, 5.41) is 4.97. The Morgan fingerprint density at radius 3 is 2.62 bits per heavy atom. The number of carbonyl (C=O) groups is 1. The van der Waals surface area contributed by atoms with Crippen molar-refractivity contribution in [2.45, 2.75) is 46.1 Å². The van der Waals surface area contributed by atoms with Crippen LogP contribution < -0.4 is 15.0 Å². The summed E-state index contributed by atoms with van der Waals surface area (Å²) in [4.78, 5) is 29.7. The van der Waals surface area contributed by atoms with Crippen LogP contribution in [0.25, 0.3) is 10.9 Å². The third-order valence-corrected chi connectivity index (χ3v) is 5.81. The molecule has 180 valence electrons. The molecule has 0 aliphatic carbocycles. The van der Waals surface area contributed by atoms with E-state index in [-0.39, 0.29) is 11.5 Å². The summed E-state index contributed by atoms with van der Waals surface area (Å²) < 4.78 is 18.3. The molecule has 9 heteroatoms. The predicted molar refractivity (Wildman–Crippen MR) is 135 cm³/mol. The van der Waals surface area contributed by atoms with E-state index in [9.17, 15) is 9.59 Å². The van der Waals surface area contributed by atoms with Crippen molar-refractivity contribution in [3.63, 3.8) is 0 Å². The number of halogens is 1. The molecular formula is C25H28BrN3O5. The van der Waals surface area contributed by atoms with Crippen LogP contribution in [0.15, 0.2) is 50.8 Å². The van der Waals surface area contributed by atoms with E-state index in [0.717, 1.165) is 10.9 Å². The second-order valence-electron chi connectivity index (χ2n) is 7.72. The Hall–Kier alpha value is -3.20. The van der Waals surface area contributed by atoms with E-state index in [2.05, 4.69) is 21.0 Å². The van der Waals surface area contributed by atoms with Crippen LogP contribution in [-0.2, 0) is 9.53 Å². The normalized spacial score (nSPS) is 13.1. The maximum atomic E-state index is 13.3. The van der Waals surface area contributed by atoms with Gasteiger partial charge in [0.15, 0.2) is 17.6 Å². The van der Waals surface area contributed by atoms with Crippen molar-refractivity contribution in [1.29, 1.82) is 0 Å². The van der Waals surface area contributed by atoms with Gasteiger partial charge in [0.1, 0.15) is 5.82 Å². The maximum Gasteiger partial charge on any atom is 0.346 e. The van der Waals surface area contributed by atoms with Gasteiger partial charge >= 0.3 is 5.97 Å². The highest BCUT2D eigenvalue weighted by Gasteiger charge is 2.18. The average molecular weight is 530 g/mol. The Bertz CT molecular complexity index is 1270. The number of carbonyl (C=O) groups excluding carboxylic acids is 1. The van der Waals surface area contributed by atoms with Crippen LogP contribution in [0.1, 0.15) is 51.4 Å². The van der Waals surface area contributed by atoms with Gasteiger partial charge in [-0.25, -0.2) is 9.78 Å². The van der Waals surface area contributed by atoms with Gasteiger partial charge in [0.05, 0.1) is 30.8 Å². The number of rotatable bonds is 9. The first-order valence-corrected chi connectivity index (χ1v) is 11.9. The van der Waals surface area contributed by atoms with Crippen LogP contribution in [0.4, 0.5) is 0 Å². The molecule has 1 aromatic heterocycles. The predicted octanol–water partition coefficient (Wildman–Crippen LogP) is 4.89. The Morgan fingerprint density at radius 2 is 1.94 bits per heavy atom. The van der Waals surface area contributed by atoms with Gasteiger partial charge in [-0.1, -0.05) is 29.8 Å². The largest absolute Gasteiger partial charge is 0.490 e. The van der Waals surface area contributed by atoms with Crippen LogP contribution in [-0.4, -0.2) is 41.7 Å². The number of hydrogen-bond donors (Lipinski definition) is 0. The third kappa shape index (κ3) is 5.64. The molecule has 2 atom stereocenters. The van der Waals surface area contributed by atoms with Gasteiger partial charge in [-0.15, -0.1) is 0 Å². The van der Waals surface area contributed by atoms with Crippen LogP contribution in [0.3, 0.4) is 0 Å². The quantitative estimate of drug-likeness (QED) is 0.289. The monoisotopic (exact) mass is 529 g/mol. The van der Waals surface area contributed by atoms with E-state index in [0.29, 0.717) is 40.4 Å². The SMILES string of the molecule is CCOc1cc(C=Nn2c([C@H](C)CC)nc3ccc(Br)cc3c2=O)ccc1O[C@H](C)C(=O)OC. The minimum atomic E-state index is -0.789. The van der Waals surface area contributed by atoms with E-state index in [1.54, 1.807) is 37.4 Å². The fourth-order valence-corrected chi connectivity index (χ4v) is 3.64. The van der Waals surface area contributed by atoms with Gasteiger partial charge in [0, 0.05) is 10.4 Å². The minimum absolute atomic E-state index is 0.0347. The molecule has 0 amide bonds. The number of fused-ring (bicyclic) bond motifs is 1. The lowest BCUT2D eigenvalue weighted by Crippen LogP contribution is -2.25. The van der Waals surface area contributed by atoms with E-state index < -0.39 is 12.1 Å². The second kappa shape index (κ2) is 11.3. The molecule has 0 unspecified atom stereocenters. The van der Waals surface area contributed by atoms with Crippen LogP contribution in [0.2, 0.25) is 0 Å². The molecule has 8 nitrogen and oxygen atoms in total. The molecule has 3 aromatic rings. The number of esters is 1. The van der Waals surface area contributed by atoms with Gasteiger partial charge in [-0.05, 0) is 62.2 Å². The Labute approximate surface area is 206 Å². The molecule has 2 aromatic carbocycles. The van der Waals surface area contributed by atoms with Crippen LogP contribution >= 0.6 is 15.9 Å². The summed E-state index contributed by atoms with van der Waals surface area (Å²) in [6.07, 6.45) is 1.60. The molecule has 0 saturated heterocycles. The Kier molecular flexibility index (Phi) is 8.44. The second-order valence-corrected chi connectivity index (χ2v) is 8.64. The summed E-state index contributed by atoms with van der Waals surface area (Å²) in [5.74, 6) is 1.01. The van der Waals surface area contributed by atoms with Crippen molar-refractivity contribution >= 4 is 39.0 Å². The summed E-state index contributed by atoms with van der Waals surface area (Å²) in [6, 6.07) is 10.6. The number of nitrogens with zero attached hydrogens (tertiary/aromatic N) is 3. The number of aromatic nitrogens is 2. The topological polar surface area (TPSA) is 92.0 Å². The van der Waals surface area contributed by atoms with E-state index in [4.69, 9.17) is 19.2 Å². The smallest absolute Gasteiger partial charge is 0.346 e. The molecule has 0 saturated carbocycles. The van der Waals surface area contributed by atoms with E-state index in [1.807, 2.05) is 32.9 Å². The maximum absolute atomic E-state index is 13.3. The molecule has 0 bridgehead atoms. The zero-order valence-electron chi connectivity index (χ0n) is 19.9. The summed E-state index contributed by atoms with van der Waals surface area (Å²) in [6.45, 7) is 7.92. The zero-order chi connectivity index (χ0) is 24.8. The molecule has 1 heterocycles. The molecule has 34 heavy (non-hydrogen) atoms. The number of ether oxygens (including phenoxy) is 3. The molecule has 0 aliphatic heterocycles. The molecule has 3 rings (SSSR count). The molecular weight excluding hydrogens is 502 g/mol. The van der Waals surface area contributed by atoms with Gasteiger partial charge in [0.25, 0.3) is 5.56 Å². The summed E-state index contributed by atoms with van der Waals surface area (Å²) >= 11 is 3.42. The molecule has 0 radical (unpaired) electrons. The highest BCUT2D eigenvalue weighted by atomic mass is 79.9. The number of methoxy groups -OCH3 is 1. The van der Waals surface area contributed by atoms with Crippen LogP contribution in [0, 0.1) is 0 Å². The Balaban J connectivity index is 2.03. The Morgan fingerprint density at radius 1 is 1.18 bits per heavy atom. The minimum Gasteiger partial charge on any atom is -0.490 e. The van der Waals surface area contributed by atoms with Crippen molar-refractivity contribution in [2.75, 3.05) is 13.7 Å². The summed E-state index contributed by atoms with van der Waals surface area (Å²) in [5.41, 5.74) is 1.09. The molecule has 0 N–H and O–H groups in total. The van der Waals surface area contributed by atoms with Gasteiger partial charge in [0.2, 0.25) is 0 Å². The average Bonchev–Trinajstić information content (AvgIpc) is 2.84. The molecule has 0 aliphatic rings. The third-order valence-electron chi connectivity index (χ3n) is 5.31. The number of hydrogen-bond acceptors (Lipinski definition) is 7. The first-order chi connectivity index (χ1) is 16.3. The molecule has 0 fully saturated rings. The first kappa shape index (κ1) is 25.4. The lowest BCUT2D eigenvalue weighted by molar-refractivity contribution is -0.147. The van der Waals surface area contributed by atoms with Crippen molar-refractivity contribution in [3.05, 3.63) is 62.6 Å². The van der Waals surface area contributed by atoms with Gasteiger partial charge in [-0.3, -0.25) is 4.79 Å². The highest BCUT2D eigenvalue weighted by molar-refractivity contribution is 9.10. The number of benzene rings is 2. The van der Waals surface area contributed by atoms with Crippen LogP contribution in [0.5, 0.6) is 11.5 Å². The molecule has 0 spiro atoms. The standard InChI is InChI=1S/C25H28BrN3O5/c1-6-15(3)23-28-20-10-9-18(26)13-19(20)24(30)29(23)27-14-17-8-11-21(22(12-17)33-7-2)34-16(4)25(31)32-5/h8-16H,6-7H2,1-5H3/t15-,16-/m1/s1. The van der Waals surface area contributed by atoms with Crippen molar-refractivity contribution in [2.24, 2.45) is 5.10 Å². The van der Waals surface area contributed by atoms with Crippen molar-refractivity contribution < 1.29 is 19.0 Å².